The highest BCUT2D eigenvalue weighted by Gasteiger charge is 2.27. The van der Waals surface area contributed by atoms with Gasteiger partial charge in [-0.1, -0.05) is 19.8 Å². The molecule has 1 aliphatic heterocycles. The summed E-state index contributed by atoms with van der Waals surface area (Å²) in [6.45, 7) is 3.66. The Morgan fingerprint density at radius 2 is 2.26 bits per heavy atom. The molecule has 2 heterocycles. The van der Waals surface area contributed by atoms with E-state index in [1.165, 1.54) is 0 Å². The normalized spacial score (nSPS) is 21.3. The number of aromatic nitrogens is 2. The van der Waals surface area contributed by atoms with Gasteiger partial charge in [0.2, 0.25) is 0 Å². The minimum Gasteiger partial charge on any atom is -0.480 e. The maximum Gasteiger partial charge on any atom is 0.320 e. The molecular formula is C14H23N3O2. The van der Waals surface area contributed by atoms with Gasteiger partial charge in [0.25, 0.3) is 0 Å². The number of aryl methyl sites for hydroxylation is 2. The molecule has 106 valence electrons. The van der Waals surface area contributed by atoms with Crippen molar-refractivity contribution in [3.63, 3.8) is 0 Å². The summed E-state index contributed by atoms with van der Waals surface area (Å²) < 4.78 is 1.82. The van der Waals surface area contributed by atoms with Crippen molar-refractivity contribution in [1.29, 1.82) is 0 Å². The van der Waals surface area contributed by atoms with Crippen molar-refractivity contribution in [3.05, 3.63) is 17.5 Å². The minimum atomic E-state index is -0.691. The van der Waals surface area contributed by atoms with Crippen molar-refractivity contribution in [3.8, 4) is 0 Å². The van der Waals surface area contributed by atoms with Crippen molar-refractivity contribution in [1.82, 2.24) is 14.7 Å². The topological polar surface area (TPSA) is 58.4 Å². The van der Waals surface area contributed by atoms with Crippen LogP contribution >= 0.6 is 0 Å². The zero-order chi connectivity index (χ0) is 13.8. The molecule has 0 radical (unpaired) electrons. The number of hydrogen-bond acceptors (Lipinski definition) is 3. The van der Waals surface area contributed by atoms with Crippen LogP contribution in [-0.4, -0.2) is 38.3 Å². The molecule has 1 aromatic rings. The fourth-order valence-corrected chi connectivity index (χ4v) is 2.87. The van der Waals surface area contributed by atoms with E-state index >= 15 is 0 Å². The first-order valence-corrected chi connectivity index (χ1v) is 7.10. The fourth-order valence-electron chi connectivity index (χ4n) is 2.87. The van der Waals surface area contributed by atoms with Gasteiger partial charge in [-0.3, -0.25) is 14.4 Å². The summed E-state index contributed by atoms with van der Waals surface area (Å²) in [4.78, 5) is 13.5. The van der Waals surface area contributed by atoms with Gasteiger partial charge in [-0.25, -0.2) is 0 Å². The maximum absolute atomic E-state index is 11.4. The highest BCUT2D eigenvalue weighted by Crippen LogP contribution is 2.20. The fraction of sp³-hybridized carbons (Fsp3) is 0.714. The van der Waals surface area contributed by atoms with E-state index in [-0.39, 0.29) is 6.04 Å². The molecule has 1 N–H and O–H groups in total. The first kappa shape index (κ1) is 14.1. The predicted octanol–water partition coefficient (Wildman–Crippen LogP) is 1.81. The number of rotatable bonds is 4. The molecule has 0 spiro atoms. The number of likely N-dealkylation sites (tertiary alicyclic amines) is 1. The third-order valence-electron chi connectivity index (χ3n) is 3.85. The molecule has 0 aliphatic carbocycles. The summed E-state index contributed by atoms with van der Waals surface area (Å²) in [6, 6.07) is -0.340. The Bertz CT molecular complexity index is 442. The maximum atomic E-state index is 11.4. The summed E-state index contributed by atoms with van der Waals surface area (Å²) in [5.74, 6) is -0.691. The van der Waals surface area contributed by atoms with E-state index < -0.39 is 5.97 Å². The monoisotopic (exact) mass is 265 g/mol. The van der Waals surface area contributed by atoms with Crippen molar-refractivity contribution in [2.24, 2.45) is 7.05 Å². The van der Waals surface area contributed by atoms with Crippen molar-refractivity contribution < 1.29 is 9.90 Å². The van der Waals surface area contributed by atoms with Crippen molar-refractivity contribution in [2.45, 2.75) is 51.6 Å². The quantitative estimate of drug-likeness (QED) is 0.902. The molecule has 0 amide bonds. The van der Waals surface area contributed by atoms with Gasteiger partial charge in [-0.15, -0.1) is 0 Å². The second-order valence-electron chi connectivity index (χ2n) is 5.30. The number of carbonyl (C=O) groups is 1. The van der Waals surface area contributed by atoms with E-state index in [2.05, 4.69) is 16.9 Å². The van der Waals surface area contributed by atoms with Crippen LogP contribution in [0, 0.1) is 0 Å². The second kappa shape index (κ2) is 6.19. The largest absolute Gasteiger partial charge is 0.480 e. The minimum absolute atomic E-state index is 0.340. The van der Waals surface area contributed by atoms with E-state index in [1.807, 2.05) is 17.9 Å². The number of aliphatic carboxylic acids is 1. The first-order chi connectivity index (χ1) is 9.11. The van der Waals surface area contributed by atoms with Gasteiger partial charge in [-0.05, 0) is 25.8 Å². The lowest BCUT2D eigenvalue weighted by atomic mass is 10.1. The van der Waals surface area contributed by atoms with Gasteiger partial charge in [-0.2, -0.15) is 5.10 Å². The van der Waals surface area contributed by atoms with Gasteiger partial charge < -0.3 is 5.11 Å². The zero-order valence-electron chi connectivity index (χ0n) is 11.8. The van der Waals surface area contributed by atoms with E-state index in [9.17, 15) is 9.90 Å². The Kier molecular flexibility index (Phi) is 4.58. The molecular weight excluding hydrogens is 242 g/mol. The summed E-state index contributed by atoms with van der Waals surface area (Å²) >= 11 is 0. The Morgan fingerprint density at radius 3 is 2.95 bits per heavy atom. The lowest BCUT2D eigenvalue weighted by molar-refractivity contribution is -0.143. The molecule has 1 fully saturated rings. The Labute approximate surface area is 114 Å². The van der Waals surface area contributed by atoms with Gasteiger partial charge in [0.1, 0.15) is 6.04 Å². The van der Waals surface area contributed by atoms with Crippen LogP contribution in [0.5, 0.6) is 0 Å². The molecule has 0 saturated carbocycles. The summed E-state index contributed by atoms with van der Waals surface area (Å²) in [5, 5.41) is 13.8. The summed E-state index contributed by atoms with van der Waals surface area (Å²) in [7, 11) is 1.92. The molecule has 1 unspecified atom stereocenters. The van der Waals surface area contributed by atoms with Gasteiger partial charge in [0, 0.05) is 25.4 Å². The van der Waals surface area contributed by atoms with E-state index in [4.69, 9.17) is 0 Å². The molecule has 0 bridgehead atoms. The van der Waals surface area contributed by atoms with Gasteiger partial charge in [0.05, 0.1) is 5.69 Å². The van der Waals surface area contributed by atoms with Crippen LogP contribution in [0.1, 0.15) is 43.9 Å². The first-order valence-electron chi connectivity index (χ1n) is 7.10. The lowest BCUT2D eigenvalue weighted by Crippen LogP contribution is -2.40. The number of nitrogens with zero attached hydrogens (tertiary/aromatic N) is 3. The molecule has 1 atom stereocenters. The van der Waals surface area contributed by atoms with Gasteiger partial charge in [0.15, 0.2) is 0 Å². The summed E-state index contributed by atoms with van der Waals surface area (Å²) in [6.07, 6.45) is 6.90. The van der Waals surface area contributed by atoms with Crippen LogP contribution < -0.4 is 0 Å². The lowest BCUT2D eigenvalue weighted by Gasteiger charge is -2.26. The smallest absolute Gasteiger partial charge is 0.320 e. The number of carboxylic acid groups (broad SMARTS) is 1. The van der Waals surface area contributed by atoms with Crippen LogP contribution in [0.3, 0.4) is 0 Å². The SMILES string of the molecule is CCc1nn(C)cc1CN1CCCCCC1C(=O)O. The Balaban J connectivity index is 2.15. The van der Waals surface area contributed by atoms with Crippen LogP contribution in [0.25, 0.3) is 0 Å². The predicted molar refractivity (Wildman–Crippen MR) is 72.9 cm³/mol. The third kappa shape index (κ3) is 3.35. The Hall–Kier alpha value is -1.36. The van der Waals surface area contributed by atoms with E-state index in [0.717, 1.165) is 49.9 Å². The summed E-state index contributed by atoms with van der Waals surface area (Å²) in [5.41, 5.74) is 2.24. The molecule has 0 aromatic carbocycles. The van der Waals surface area contributed by atoms with Crippen LogP contribution in [0.4, 0.5) is 0 Å². The van der Waals surface area contributed by atoms with E-state index in [0.29, 0.717) is 6.54 Å². The van der Waals surface area contributed by atoms with Crippen molar-refractivity contribution in [2.75, 3.05) is 6.54 Å². The Morgan fingerprint density at radius 1 is 1.47 bits per heavy atom. The third-order valence-corrected chi connectivity index (χ3v) is 3.85. The molecule has 5 nitrogen and oxygen atoms in total. The highest BCUT2D eigenvalue weighted by molar-refractivity contribution is 5.73. The molecule has 1 aliphatic rings. The number of hydrogen-bond donors (Lipinski definition) is 1. The number of carboxylic acids is 1. The molecule has 19 heavy (non-hydrogen) atoms. The average Bonchev–Trinajstić information content (AvgIpc) is 2.58. The van der Waals surface area contributed by atoms with Crippen molar-refractivity contribution >= 4 is 5.97 Å². The average molecular weight is 265 g/mol. The van der Waals surface area contributed by atoms with Crippen LogP contribution in [0.2, 0.25) is 0 Å². The van der Waals surface area contributed by atoms with Gasteiger partial charge >= 0.3 is 5.97 Å². The second-order valence-corrected chi connectivity index (χ2v) is 5.30. The molecule has 1 saturated heterocycles. The van der Waals surface area contributed by atoms with Crippen LogP contribution in [0.15, 0.2) is 6.20 Å². The molecule has 1 aromatic heterocycles. The molecule has 5 heteroatoms. The zero-order valence-corrected chi connectivity index (χ0v) is 11.8. The standard InChI is InChI=1S/C14H23N3O2/c1-3-12-11(9-16(2)15-12)10-17-8-6-4-5-7-13(17)14(18)19/h9,13H,3-8,10H2,1-2H3,(H,18,19). The highest BCUT2D eigenvalue weighted by atomic mass is 16.4. The molecule has 2 rings (SSSR count). The van der Waals surface area contributed by atoms with E-state index in [1.54, 1.807) is 0 Å². The van der Waals surface area contributed by atoms with Crippen LogP contribution in [-0.2, 0) is 24.8 Å².